The second-order valence-electron chi connectivity index (χ2n) is 5.32. The number of hydrogen-bond acceptors (Lipinski definition) is 4. The lowest BCUT2D eigenvalue weighted by Crippen LogP contribution is -1.97. The maximum atomic E-state index is 12.4. The van der Waals surface area contributed by atoms with Gasteiger partial charge in [0.05, 0.1) is 26.1 Å². The Morgan fingerprint density at radius 3 is 2.52 bits per heavy atom. The van der Waals surface area contributed by atoms with Gasteiger partial charge in [-0.3, -0.25) is 4.79 Å². The molecule has 0 saturated carbocycles. The van der Waals surface area contributed by atoms with E-state index in [-0.39, 0.29) is 5.78 Å². The van der Waals surface area contributed by atoms with Crippen LogP contribution in [0.25, 0.3) is 11.8 Å². The van der Waals surface area contributed by atoms with Crippen LogP contribution in [0.2, 0.25) is 0 Å². The van der Waals surface area contributed by atoms with Crippen molar-refractivity contribution in [2.75, 3.05) is 14.2 Å². The minimum Gasteiger partial charge on any atom is -0.493 e. The van der Waals surface area contributed by atoms with Crippen molar-refractivity contribution in [3.8, 4) is 17.2 Å². The van der Waals surface area contributed by atoms with Crippen LogP contribution in [0, 0.1) is 0 Å². The minimum atomic E-state index is -0.117. The van der Waals surface area contributed by atoms with E-state index < -0.39 is 0 Å². The first-order valence-electron chi connectivity index (χ1n) is 7.76. The van der Waals surface area contributed by atoms with Crippen molar-refractivity contribution in [1.29, 1.82) is 0 Å². The molecule has 3 rings (SSSR count). The Morgan fingerprint density at radius 1 is 1.04 bits per heavy atom. The van der Waals surface area contributed by atoms with Gasteiger partial charge in [0.2, 0.25) is 0 Å². The van der Waals surface area contributed by atoms with Gasteiger partial charge in [-0.15, -0.1) is 0 Å². The monoisotopic (exact) mass is 334 g/mol. The summed E-state index contributed by atoms with van der Waals surface area (Å²) in [5.74, 6) is 0.999. The zero-order valence-electron chi connectivity index (χ0n) is 14.0. The minimum absolute atomic E-state index is 0.117. The number of ketones is 1. The van der Waals surface area contributed by atoms with Gasteiger partial charge < -0.3 is 9.47 Å². The van der Waals surface area contributed by atoms with Crippen molar-refractivity contribution in [2.24, 2.45) is 0 Å². The lowest BCUT2D eigenvalue weighted by atomic mass is 10.1. The summed E-state index contributed by atoms with van der Waals surface area (Å²) in [4.78, 5) is 12.4. The van der Waals surface area contributed by atoms with E-state index in [1.54, 1.807) is 49.4 Å². The first-order valence-corrected chi connectivity index (χ1v) is 7.76. The molecule has 0 saturated heterocycles. The van der Waals surface area contributed by atoms with E-state index in [1.165, 1.54) is 6.08 Å². The number of aromatic nitrogens is 2. The number of ether oxygens (including phenoxy) is 2. The molecule has 0 bridgehead atoms. The van der Waals surface area contributed by atoms with Gasteiger partial charge in [0, 0.05) is 17.3 Å². The summed E-state index contributed by atoms with van der Waals surface area (Å²) >= 11 is 0. The van der Waals surface area contributed by atoms with Crippen LogP contribution in [0.1, 0.15) is 15.9 Å². The van der Waals surface area contributed by atoms with Crippen LogP contribution in [-0.2, 0) is 0 Å². The van der Waals surface area contributed by atoms with Crippen molar-refractivity contribution in [1.82, 2.24) is 9.78 Å². The lowest BCUT2D eigenvalue weighted by molar-refractivity contribution is 0.104. The molecule has 0 amide bonds. The Balaban J connectivity index is 1.76. The number of carbonyl (C=O) groups is 1. The van der Waals surface area contributed by atoms with E-state index in [4.69, 9.17) is 9.47 Å². The third-order valence-corrected chi connectivity index (χ3v) is 3.72. The second kappa shape index (κ2) is 7.49. The van der Waals surface area contributed by atoms with E-state index >= 15 is 0 Å². The molecule has 126 valence electrons. The maximum absolute atomic E-state index is 12.4. The van der Waals surface area contributed by atoms with Gasteiger partial charge in [-0.2, -0.15) is 5.10 Å². The molecule has 0 atom stereocenters. The van der Waals surface area contributed by atoms with Gasteiger partial charge in [-0.1, -0.05) is 18.2 Å². The third kappa shape index (κ3) is 3.77. The Hall–Kier alpha value is -3.34. The van der Waals surface area contributed by atoms with Gasteiger partial charge >= 0.3 is 0 Å². The Bertz CT molecular complexity index is 898. The number of allylic oxidation sites excluding steroid dienone is 1. The van der Waals surface area contributed by atoms with Crippen molar-refractivity contribution in [3.63, 3.8) is 0 Å². The summed E-state index contributed by atoms with van der Waals surface area (Å²) in [6.07, 6.45) is 6.85. The van der Waals surface area contributed by atoms with Crippen LogP contribution in [0.5, 0.6) is 11.5 Å². The molecule has 0 fully saturated rings. The third-order valence-electron chi connectivity index (χ3n) is 3.72. The van der Waals surface area contributed by atoms with E-state index in [2.05, 4.69) is 5.10 Å². The SMILES string of the molecule is COc1ccc(C(=O)/C=C/c2cnn(-c3ccccc3)c2)cc1OC. The van der Waals surface area contributed by atoms with Crippen LogP contribution in [0.15, 0.2) is 67.0 Å². The normalized spacial score (nSPS) is 10.8. The molecule has 0 N–H and O–H groups in total. The second-order valence-corrected chi connectivity index (χ2v) is 5.32. The smallest absolute Gasteiger partial charge is 0.185 e. The fourth-order valence-electron chi connectivity index (χ4n) is 2.40. The number of rotatable bonds is 6. The summed E-state index contributed by atoms with van der Waals surface area (Å²) in [6.45, 7) is 0. The summed E-state index contributed by atoms with van der Waals surface area (Å²) in [5, 5.41) is 4.30. The predicted molar refractivity (Wildman–Crippen MR) is 96.5 cm³/mol. The molecule has 2 aromatic carbocycles. The number of benzene rings is 2. The van der Waals surface area contributed by atoms with Gasteiger partial charge in [-0.25, -0.2) is 4.68 Å². The first-order chi connectivity index (χ1) is 12.2. The molecule has 0 spiro atoms. The van der Waals surface area contributed by atoms with Crippen molar-refractivity contribution in [3.05, 3.63) is 78.1 Å². The quantitative estimate of drug-likeness (QED) is 0.508. The summed E-state index contributed by atoms with van der Waals surface area (Å²) in [5.41, 5.74) is 2.34. The zero-order chi connectivity index (χ0) is 17.6. The molecule has 25 heavy (non-hydrogen) atoms. The van der Waals surface area contributed by atoms with E-state index in [0.717, 1.165) is 11.3 Å². The fourth-order valence-corrected chi connectivity index (χ4v) is 2.40. The van der Waals surface area contributed by atoms with Crippen LogP contribution in [0.3, 0.4) is 0 Å². The molecule has 5 heteroatoms. The highest BCUT2D eigenvalue weighted by Gasteiger charge is 2.08. The number of methoxy groups -OCH3 is 2. The molecular formula is C20H18N2O3. The fraction of sp³-hybridized carbons (Fsp3) is 0.100. The highest BCUT2D eigenvalue weighted by molar-refractivity contribution is 6.07. The van der Waals surface area contributed by atoms with Gasteiger partial charge in [-0.05, 0) is 42.5 Å². The molecule has 5 nitrogen and oxygen atoms in total. The van der Waals surface area contributed by atoms with Crippen LogP contribution >= 0.6 is 0 Å². The zero-order valence-corrected chi connectivity index (χ0v) is 14.0. The molecule has 0 radical (unpaired) electrons. The molecule has 0 aliphatic rings. The highest BCUT2D eigenvalue weighted by atomic mass is 16.5. The Kier molecular flexibility index (Phi) is 4.95. The number of hydrogen-bond donors (Lipinski definition) is 0. The average molecular weight is 334 g/mol. The van der Waals surface area contributed by atoms with Crippen LogP contribution in [-0.4, -0.2) is 29.8 Å². The molecule has 0 aliphatic heterocycles. The first kappa shape index (κ1) is 16.5. The molecule has 0 unspecified atom stereocenters. The van der Waals surface area contributed by atoms with Crippen LogP contribution in [0.4, 0.5) is 0 Å². The van der Waals surface area contributed by atoms with Gasteiger partial charge in [0.1, 0.15) is 0 Å². The van der Waals surface area contributed by atoms with Gasteiger partial charge in [0.25, 0.3) is 0 Å². The Labute approximate surface area is 146 Å². The molecule has 1 heterocycles. The van der Waals surface area contributed by atoms with Gasteiger partial charge in [0.15, 0.2) is 17.3 Å². The van der Waals surface area contributed by atoms with E-state index in [1.807, 2.05) is 36.5 Å². The molecule has 1 aromatic heterocycles. The summed E-state index contributed by atoms with van der Waals surface area (Å²) < 4.78 is 12.2. The standard InChI is InChI=1S/C20H18N2O3/c1-24-19-11-9-16(12-20(19)25-2)18(23)10-8-15-13-21-22(14-15)17-6-4-3-5-7-17/h3-14H,1-2H3/b10-8+. The van der Waals surface area contributed by atoms with Crippen molar-refractivity contribution in [2.45, 2.75) is 0 Å². The highest BCUT2D eigenvalue weighted by Crippen LogP contribution is 2.27. The molecule has 0 aliphatic carbocycles. The molecular weight excluding hydrogens is 316 g/mol. The van der Waals surface area contributed by atoms with E-state index in [9.17, 15) is 4.79 Å². The van der Waals surface area contributed by atoms with Crippen molar-refractivity contribution >= 4 is 11.9 Å². The predicted octanol–water partition coefficient (Wildman–Crippen LogP) is 3.79. The molecule has 3 aromatic rings. The van der Waals surface area contributed by atoms with Crippen LogP contribution < -0.4 is 9.47 Å². The number of nitrogens with zero attached hydrogens (tertiary/aromatic N) is 2. The number of para-hydroxylation sites is 1. The average Bonchev–Trinajstić information content (AvgIpc) is 3.15. The largest absolute Gasteiger partial charge is 0.493 e. The Morgan fingerprint density at radius 2 is 1.80 bits per heavy atom. The topological polar surface area (TPSA) is 53.3 Å². The number of carbonyl (C=O) groups excluding carboxylic acids is 1. The maximum Gasteiger partial charge on any atom is 0.185 e. The summed E-state index contributed by atoms with van der Waals surface area (Å²) in [7, 11) is 3.10. The summed E-state index contributed by atoms with van der Waals surface area (Å²) in [6, 6.07) is 14.9. The lowest BCUT2D eigenvalue weighted by Gasteiger charge is -2.07. The van der Waals surface area contributed by atoms with Crippen molar-refractivity contribution < 1.29 is 14.3 Å². The van der Waals surface area contributed by atoms with E-state index in [0.29, 0.717) is 17.1 Å².